The number of hydrogen-bond acceptors (Lipinski definition) is 1. The number of nitriles is 1. The lowest BCUT2D eigenvalue weighted by Crippen LogP contribution is -1.65. The molecule has 0 saturated carbocycles. The van der Waals surface area contributed by atoms with Crippen LogP contribution in [0.5, 0.6) is 0 Å². The van der Waals surface area contributed by atoms with Crippen LogP contribution in [-0.4, -0.2) is 6.61 Å². The number of allylic oxidation sites excluding steroid dienone is 1. The Morgan fingerprint density at radius 2 is 2.29 bits per heavy atom. The number of hydrogen-bond donors (Lipinski definition) is 0. The predicted octanol–water partition coefficient (Wildman–Crippen LogP) is 0.887. The third kappa shape index (κ3) is 5.19. The lowest BCUT2D eigenvalue weighted by molar-refractivity contribution is 0.232. The molecule has 2 heteroatoms. The third-order valence-corrected chi connectivity index (χ3v) is 0.472. The zero-order valence-electron chi connectivity index (χ0n) is 3.92. The average Bonchev–Trinajstić information content (AvgIpc) is 1.69. The highest BCUT2D eigenvalue weighted by molar-refractivity contribution is 4.89. The molecule has 0 bridgehead atoms. The van der Waals surface area contributed by atoms with Crippen LogP contribution in [0.3, 0.4) is 0 Å². The van der Waals surface area contributed by atoms with Gasteiger partial charge in [-0.15, -0.1) is 0 Å². The average molecular weight is 96.1 g/mol. The molecule has 0 aliphatic heterocycles. The van der Waals surface area contributed by atoms with Gasteiger partial charge in [0.1, 0.15) is 6.61 Å². The molecule has 0 fully saturated rings. The molecule has 0 unspecified atom stereocenters. The summed E-state index contributed by atoms with van der Waals surface area (Å²) in [5.41, 5.74) is 0. The van der Waals surface area contributed by atoms with Gasteiger partial charge in [0.25, 0.3) is 0 Å². The van der Waals surface area contributed by atoms with E-state index < -0.39 is 0 Å². The molecule has 0 saturated heterocycles. The van der Waals surface area contributed by atoms with Crippen LogP contribution >= 0.6 is 0 Å². The fraction of sp³-hybridized carbons (Fsp3) is 0.400. The van der Waals surface area contributed by atoms with Gasteiger partial charge in [-0.25, -0.2) is 5.11 Å². The van der Waals surface area contributed by atoms with Gasteiger partial charge in [0.05, 0.1) is 12.5 Å². The van der Waals surface area contributed by atoms with Gasteiger partial charge >= 0.3 is 0 Å². The Labute approximate surface area is 42.7 Å². The Morgan fingerprint density at radius 1 is 1.57 bits per heavy atom. The fourth-order valence-corrected chi connectivity index (χ4v) is 0.204. The molecule has 0 aromatic rings. The van der Waals surface area contributed by atoms with Crippen molar-refractivity contribution in [3.8, 4) is 6.07 Å². The smallest absolute Gasteiger partial charge is 0.100 e. The van der Waals surface area contributed by atoms with Crippen LogP contribution in [0.25, 0.3) is 0 Å². The van der Waals surface area contributed by atoms with E-state index in [0.717, 1.165) is 0 Å². The highest BCUT2D eigenvalue weighted by Gasteiger charge is 1.67. The molecule has 0 aliphatic rings. The summed E-state index contributed by atoms with van der Waals surface area (Å²) in [6.45, 7) is -0.221. The minimum atomic E-state index is -0.221. The normalized spacial score (nSPS) is 9.14. The van der Waals surface area contributed by atoms with E-state index in [4.69, 9.17) is 5.26 Å². The highest BCUT2D eigenvalue weighted by Crippen LogP contribution is 1.75. The van der Waals surface area contributed by atoms with E-state index >= 15 is 0 Å². The molecule has 0 aliphatic carbocycles. The molecule has 0 aromatic heterocycles. The van der Waals surface area contributed by atoms with E-state index in [1.807, 2.05) is 6.07 Å². The topological polar surface area (TPSA) is 43.7 Å². The van der Waals surface area contributed by atoms with Crippen LogP contribution in [0, 0.1) is 11.3 Å². The minimum Gasteiger partial charge on any atom is -0.232 e. The van der Waals surface area contributed by atoms with Crippen molar-refractivity contribution in [1.82, 2.24) is 0 Å². The molecule has 0 atom stereocenters. The van der Waals surface area contributed by atoms with Crippen LogP contribution < -0.4 is 0 Å². The van der Waals surface area contributed by atoms with Gasteiger partial charge in [0, 0.05) is 0 Å². The zero-order chi connectivity index (χ0) is 5.54. The second-order valence-corrected chi connectivity index (χ2v) is 1.00. The first kappa shape index (κ1) is 6.19. The van der Waals surface area contributed by atoms with Crippen molar-refractivity contribution < 1.29 is 5.11 Å². The van der Waals surface area contributed by atoms with E-state index in [2.05, 4.69) is 0 Å². The van der Waals surface area contributed by atoms with Gasteiger partial charge in [0.15, 0.2) is 0 Å². The van der Waals surface area contributed by atoms with Crippen molar-refractivity contribution >= 4 is 0 Å². The second-order valence-electron chi connectivity index (χ2n) is 1.00. The molecule has 0 rings (SSSR count). The van der Waals surface area contributed by atoms with Gasteiger partial charge in [-0.05, 0) is 0 Å². The van der Waals surface area contributed by atoms with E-state index in [1.54, 1.807) is 6.08 Å². The molecule has 37 valence electrons. The van der Waals surface area contributed by atoms with Crippen LogP contribution in [0.4, 0.5) is 0 Å². The third-order valence-electron chi connectivity index (χ3n) is 0.472. The molecule has 0 aromatic carbocycles. The van der Waals surface area contributed by atoms with Crippen molar-refractivity contribution in [2.75, 3.05) is 6.61 Å². The van der Waals surface area contributed by atoms with Crippen molar-refractivity contribution in [2.45, 2.75) is 6.42 Å². The Hall–Kier alpha value is -0.810. The summed E-state index contributed by atoms with van der Waals surface area (Å²) in [5, 5.41) is 17.5. The van der Waals surface area contributed by atoms with Crippen LogP contribution in [0.15, 0.2) is 12.2 Å². The van der Waals surface area contributed by atoms with Gasteiger partial charge in [-0.1, -0.05) is 12.2 Å². The monoisotopic (exact) mass is 96.0 g/mol. The molecule has 2 nitrogen and oxygen atoms in total. The number of nitrogens with zero attached hydrogens (tertiary/aromatic N) is 1. The van der Waals surface area contributed by atoms with E-state index in [0.29, 0.717) is 6.42 Å². The molecule has 0 heterocycles. The summed E-state index contributed by atoms with van der Waals surface area (Å²) in [6, 6.07) is 1.88. The maximum atomic E-state index is 9.61. The SMILES string of the molecule is N#CCC=CC[O]. The maximum Gasteiger partial charge on any atom is 0.100 e. The minimum absolute atomic E-state index is 0.221. The Kier molecular flexibility index (Phi) is 4.59. The Balaban J connectivity index is 2.97. The first-order chi connectivity index (χ1) is 3.41. The molecular weight excluding hydrogens is 90.1 g/mol. The summed E-state index contributed by atoms with van der Waals surface area (Å²) < 4.78 is 0. The summed E-state index contributed by atoms with van der Waals surface area (Å²) in [4.78, 5) is 0. The van der Waals surface area contributed by atoms with Crippen molar-refractivity contribution in [3.05, 3.63) is 12.2 Å². The lowest BCUT2D eigenvalue weighted by atomic mass is 10.4. The fourth-order valence-electron chi connectivity index (χ4n) is 0.204. The summed E-state index contributed by atoms with van der Waals surface area (Å²) in [7, 11) is 0. The van der Waals surface area contributed by atoms with E-state index in [-0.39, 0.29) is 6.61 Å². The molecule has 1 radical (unpaired) electrons. The Morgan fingerprint density at radius 3 is 2.71 bits per heavy atom. The standard InChI is InChI=1S/C5H6NO/c6-4-2-1-3-5-7/h1,3H,2,5H2. The quantitative estimate of drug-likeness (QED) is 0.471. The van der Waals surface area contributed by atoms with Crippen molar-refractivity contribution in [1.29, 1.82) is 5.26 Å². The molecular formula is C5H6NO. The summed E-state index contributed by atoms with van der Waals surface area (Å²) in [5.74, 6) is 0. The van der Waals surface area contributed by atoms with Gasteiger partial charge in [-0.3, -0.25) is 0 Å². The summed E-state index contributed by atoms with van der Waals surface area (Å²) in [6.07, 6.45) is 3.35. The molecule has 0 spiro atoms. The van der Waals surface area contributed by atoms with Crippen molar-refractivity contribution in [2.24, 2.45) is 0 Å². The second kappa shape index (κ2) is 5.19. The first-order valence-electron chi connectivity index (χ1n) is 2.02. The van der Waals surface area contributed by atoms with Crippen LogP contribution in [0.1, 0.15) is 6.42 Å². The van der Waals surface area contributed by atoms with E-state index in [1.165, 1.54) is 6.08 Å². The highest BCUT2D eigenvalue weighted by atomic mass is 16.2. The van der Waals surface area contributed by atoms with Gasteiger partial charge in [-0.2, -0.15) is 5.26 Å². The summed E-state index contributed by atoms with van der Waals surface area (Å²) >= 11 is 0. The molecule has 0 amide bonds. The van der Waals surface area contributed by atoms with Gasteiger partial charge < -0.3 is 0 Å². The lowest BCUT2D eigenvalue weighted by Gasteiger charge is -1.69. The van der Waals surface area contributed by atoms with Crippen LogP contribution in [0.2, 0.25) is 0 Å². The Bertz CT molecular complexity index is 90.7. The van der Waals surface area contributed by atoms with Gasteiger partial charge in [0.2, 0.25) is 0 Å². The molecule has 7 heavy (non-hydrogen) atoms. The first-order valence-corrected chi connectivity index (χ1v) is 2.02. The number of rotatable bonds is 2. The maximum absolute atomic E-state index is 9.61. The van der Waals surface area contributed by atoms with Crippen LogP contribution in [-0.2, 0) is 5.11 Å². The largest absolute Gasteiger partial charge is 0.232 e. The zero-order valence-corrected chi connectivity index (χ0v) is 3.92. The van der Waals surface area contributed by atoms with E-state index in [9.17, 15) is 5.11 Å². The van der Waals surface area contributed by atoms with Crippen molar-refractivity contribution in [3.63, 3.8) is 0 Å². The molecule has 0 N–H and O–H groups in total. The predicted molar refractivity (Wildman–Crippen MR) is 24.9 cm³/mol.